The maximum atomic E-state index is 13.6. The molecule has 0 radical (unpaired) electrons. The van der Waals surface area contributed by atoms with E-state index in [4.69, 9.17) is 5.73 Å². The average molecular weight is 310 g/mol. The molecule has 1 unspecified atom stereocenters. The van der Waals surface area contributed by atoms with Crippen molar-refractivity contribution in [2.24, 2.45) is 5.73 Å². The number of hydrogen-bond donors (Lipinski definition) is 1. The molecule has 0 saturated heterocycles. The number of nitro benzene ring substituents is 1. The Morgan fingerprint density at radius 3 is 2.62 bits per heavy atom. The quantitative estimate of drug-likeness (QED) is 0.520. The van der Waals surface area contributed by atoms with Gasteiger partial charge in [-0.1, -0.05) is 18.2 Å². The van der Waals surface area contributed by atoms with Crippen LogP contribution >= 0.6 is 11.8 Å². The lowest BCUT2D eigenvalue weighted by Crippen LogP contribution is -2.15. The molecule has 21 heavy (non-hydrogen) atoms. The van der Waals surface area contributed by atoms with E-state index in [1.165, 1.54) is 12.1 Å². The van der Waals surface area contributed by atoms with Crippen molar-refractivity contribution in [3.05, 3.63) is 69.8 Å². The van der Waals surface area contributed by atoms with Crippen LogP contribution in [0.1, 0.15) is 11.6 Å². The molecule has 0 amide bonds. The van der Waals surface area contributed by atoms with Crippen molar-refractivity contribution in [3.8, 4) is 0 Å². The van der Waals surface area contributed by atoms with Crippen molar-refractivity contribution in [2.45, 2.75) is 10.9 Å². The second kappa shape index (κ2) is 6.64. The minimum Gasteiger partial charge on any atom is -0.323 e. The number of thioether (sulfide) groups is 1. The minimum absolute atomic E-state index is 0.0192. The Balaban J connectivity index is 2.11. The number of para-hydroxylation sites is 1. The van der Waals surface area contributed by atoms with Gasteiger partial charge in [0.1, 0.15) is 11.6 Å². The Hall–Kier alpha value is -1.99. The van der Waals surface area contributed by atoms with E-state index in [9.17, 15) is 18.9 Å². The summed E-state index contributed by atoms with van der Waals surface area (Å²) in [6.45, 7) is 0. The molecular formula is C14H12F2N2O2S. The molecule has 0 saturated carbocycles. The summed E-state index contributed by atoms with van der Waals surface area (Å²) < 4.78 is 26.4. The Morgan fingerprint density at radius 2 is 1.95 bits per heavy atom. The lowest BCUT2D eigenvalue weighted by Gasteiger charge is -2.12. The number of halogens is 2. The molecule has 1 atom stereocenters. The smallest absolute Gasteiger partial charge is 0.282 e. The van der Waals surface area contributed by atoms with Crippen LogP contribution in [0.25, 0.3) is 0 Å². The number of rotatable bonds is 5. The van der Waals surface area contributed by atoms with Crippen LogP contribution in [0.4, 0.5) is 14.5 Å². The van der Waals surface area contributed by atoms with E-state index in [2.05, 4.69) is 0 Å². The Morgan fingerprint density at radius 1 is 1.24 bits per heavy atom. The van der Waals surface area contributed by atoms with Gasteiger partial charge in [-0.15, -0.1) is 11.8 Å². The van der Waals surface area contributed by atoms with Crippen molar-refractivity contribution in [2.75, 3.05) is 5.75 Å². The molecule has 7 heteroatoms. The summed E-state index contributed by atoms with van der Waals surface area (Å²) in [5.74, 6) is -1.15. The molecule has 0 fully saturated rings. The van der Waals surface area contributed by atoms with Crippen LogP contribution in [0, 0.1) is 21.7 Å². The largest absolute Gasteiger partial charge is 0.323 e. The van der Waals surface area contributed by atoms with Crippen molar-refractivity contribution in [1.29, 1.82) is 0 Å². The lowest BCUT2D eigenvalue weighted by molar-refractivity contribution is -0.387. The summed E-state index contributed by atoms with van der Waals surface area (Å²) in [5, 5.41) is 10.9. The fourth-order valence-corrected chi connectivity index (χ4v) is 2.81. The van der Waals surface area contributed by atoms with E-state index in [1.807, 2.05) is 0 Å². The van der Waals surface area contributed by atoms with Crippen LogP contribution in [-0.4, -0.2) is 10.7 Å². The normalized spacial score (nSPS) is 12.1. The molecule has 0 spiro atoms. The van der Waals surface area contributed by atoms with Crippen LogP contribution < -0.4 is 5.73 Å². The first kappa shape index (κ1) is 15.4. The summed E-state index contributed by atoms with van der Waals surface area (Å²) in [6.07, 6.45) is 0. The van der Waals surface area contributed by atoms with Crippen molar-refractivity contribution >= 4 is 17.4 Å². The first-order valence-corrected chi connectivity index (χ1v) is 7.04. The van der Waals surface area contributed by atoms with Gasteiger partial charge in [0, 0.05) is 29.5 Å². The van der Waals surface area contributed by atoms with Crippen LogP contribution in [0.5, 0.6) is 0 Å². The lowest BCUT2D eigenvalue weighted by atomic mass is 10.1. The molecule has 0 bridgehead atoms. The molecule has 2 rings (SSSR count). The molecule has 0 aliphatic rings. The molecule has 0 aromatic heterocycles. The van der Waals surface area contributed by atoms with Crippen molar-refractivity contribution in [1.82, 2.24) is 0 Å². The van der Waals surface area contributed by atoms with Crippen molar-refractivity contribution < 1.29 is 13.7 Å². The Kier molecular flexibility index (Phi) is 4.87. The predicted octanol–water partition coefficient (Wildman–Crippen LogP) is 3.67. The fraction of sp³-hybridized carbons (Fsp3) is 0.143. The topological polar surface area (TPSA) is 69.2 Å². The first-order valence-electron chi connectivity index (χ1n) is 6.06. The third-order valence-electron chi connectivity index (χ3n) is 2.84. The van der Waals surface area contributed by atoms with Gasteiger partial charge in [-0.2, -0.15) is 0 Å². The summed E-state index contributed by atoms with van der Waals surface area (Å²) in [5.41, 5.74) is 6.03. The van der Waals surface area contributed by atoms with E-state index >= 15 is 0 Å². The highest BCUT2D eigenvalue weighted by atomic mass is 32.2. The predicted molar refractivity (Wildman–Crippen MR) is 77.1 cm³/mol. The number of hydrogen-bond acceptors (Lipinski definition) is 4. The van der Waals surface area contributed by atoms with Gasteiger partial charge in [0.2, 0.25) is 0 Å². The van der Waals surface area contributed by atoms with Crippen LogP contribution in [-0.2, 0) is 0 Å². The molecule has 0 aliphatic heterocycles. The van der Waals surface area contributed by atoms with Crippen LogP contribution in [0.2, 0.25) is 0 Å². The number of nitrogens with zero attached hydrogens (tertiary/aromatic N) is 1. The Bertz CT molecular complexity index is 667. The van der Waals surface area contributed by atoms with Gasteiger partial charge in [-0.25, -0.2) is 8.78 Å². The summed E-state index contributed by atoms with van der Waals surface area (Å²) in [7, 11) is 0. The van der Waals surface area contributed by atoms with E-state index in [0.717, 1.165) is 23.9 Å². The molecule has 2 aromatic carbocycles. The SMILES string of the molecule is NC(CSc1ccccc1[N+](=O)[O-])c1ccc(F)cc1F. The van der Waals surface area contributed by atoms with Gasteiger partial charge in [-0.3, -0.25) is 10.1 Å². The number of benzene rings is 2. The highest BCUT2D eigenvalue weighted by Gasteiger charge is 2.17. The second-order valence-corrected chi connectivity index (χ2v) is 5.37. The zero-order chi connectivity index (χ0) is 15.4. The molecule has 0 aliphatic carbocycles. The van der Waals surface area contributed by atoms with E-state index in [1.54, 1.807) is 18.2 Å². The molecule has 2 aromatic rings. The molecule has 2 N–H and O–H groups in total. The fourth-order valence-electron chi connectivity index (χ4n) is 1.80. The zero-order valence-corrected chi connectivity index (χ0v) is 11.6. The maximum Gasteiger partial charge on any atom is 0.282 e. The van der Waals surface area contributed by atoms with Crippen LogP contribution in [0.3, 0.4) is 0 Å². The van der Waals surface area contributed by atoms with Gasteiger partial charge in [0.15, 0.2) is 0 Å². The Labute approximate surface area is 124 Å². The second-order valence-electron chi connectivity index (χ2n) is 4.31. The summed E-state index contributed by atoms with van der Waals surface area (Å²) >= 11 is 1.16. The number of nitro groups is 1. The summed E-state index contributed by atoms with van der Waals surface area (Å²) in [6, 6.07) is 8.76. The van der Waals surface area contributed by atoms with Gasteiger partial charge < -0.3 is 5.73 Å². The highest BCUT2D eigenvalue weighted by molar-refractivity contribution is 7.99. The van der Waals surface area contributed by atoms with Crippen molar-refractivity contribution in [3.63, 3.8) is 0 Å². The van der Waals surface area contributed by atoms with E-state index in [-0.39, 0.29) is 17.0 Å². The molecular weight excluding hydrogens is 298 g/mol. The third kappa shape index (κ3) is 3.77. The molecule has 4 nitrogen and oxygen atoms in total. The zero-order valence-electron chi connectivity index (χ0n) is 10.8. The monoisotopic (exact) mass is 310 g/mol. The van der Waals surface area contributed by atoms with Crippen LogP contribution in [0.15, 0.2) is 47.4 Å². The molecule has 110 valence electrons. The molecule has 0 heterocycles. The van der Waals surface area contributed by atoms with E-state index in [0.29, 0.717) is 4.90 Å². The average Bonchev–Trinajstić information content (AvgIpc) is 2.45. The maximum absolute atomic E-state index is 13.6. The van der Waals surface area contributed by atoms with E-state index < -0.39 is 22.6 Å². The highest BCUT2D eigenvalue weighted by Crippen LogP contribution is 2.31. The van der Waals surface area contributed by atoms with Gasteiger partial charge in [0.05, 0.1) is 9.82 Å². The first-order chi connectivity index (χ1) is 9.99. The van der Waals surface area contributed by atoms with Gasteiger partial charge >= 0.3 is 0 Å². The third-order valence-corrected chi connectivity index (χ3v) is 4.02. The van der Waals surface area contributed by atoms with Gasteiger partial charge in [-0.05, 0) is 12.1 Å². The van der Waals surface area contributed by atoms with Gasteiger partial charge in [0.25, 0.3) is 5.69 Å². The minimum atomic E-state index is -0.717. The summed E-state index contributed by atoms with van der Waals surface area (Å²) in [4.78, 5) is 10.9. The standard InChI is InChI=1S/C14H12F2N2O2S/c15-9-5-6-10(11(16)7-9)12(17)8-21-14-4-2-1-3-13(14)18(19)20/h1-7,12H,8,17H2. The number of nitrogens with two attached hydrogens (primary N) is 1.